The molecule has 2 rings (SSSR count). The molecule has 0 amide bonds. The summed E-state index contributed by atoms with van der Waals surface area (Å²) in [5, 5.41) is 13.9. The Kier molecular flexibility index (Phi) is 11.4. The second-order valence-electron chi connectivity index (χ2n) is 5.17. The molecule has 3 unspecified atom stereocenters. The van der Waals surface area contributed by atoms with Crippen LogP contribution in [0.4, 0.5) is 5.82 Å². The average Bonchev–Trinajstić information content (AvgIpc) is 3.05. The number of anilines is 1. The van der Waals surface area contributed by atoms with Crippen molar-refractivity contribution in [1.29, 1.82) is 0 Å². The Hall–Kier alpha value is -1.33. The molecule has 1 aliphatic rings. The van der Waals surface area contributed by atoms with Crippen LogP contribution in [0.5, 0.6) is 0 Å². The van der Waals surface area contributed by atoms with Gasteiger partial charge in [0.15, 0.2) is 0 Å². The second kappa shape index (κ2) is 11.9. The zero-order chi connectivity index (χ0) is 23.8. The van der Waals surface area contributed by atoms with Crippen molar-refractivity contribution in [2.24, 2.45) is 0 Å². The lowest BCUT2D eigenvalue weighted by Crippen LogP contribution is -2.42. The molecule has 0 radical (unpaired) electrons. The fourth-order valence-corrected chi connectivity index (χ4v) is 4.27. The molecule has 1 aromatic rings. The summed E-state index contributed by atoms with van der Waals surface area (Å²) in [6, 6.07) is 1.20. The summed E-state index contributed by atoms with van der Waals surface area (Å²) < 4.78 is 36.7. The van der Waals surface area contributed by atoms with Crippen LogP contribution in [-0.2, 0) is 28.4 Å². The number of nitrogens with zero attached hydrogens (tertiary/aromatic N) is 2. The van der Waals surface area contributed by atoms with Crippen LogP contribution < -0.4 is 11.4 Å². The van der Waals surface area contributed by atoms with Gasteiger partial charge in [-0.2, -0.15) is 9.29 Å². The van der Waals surface area contributed by atoms with Gasteiger partial charge in [0, 0.05) is 26.7 Å². The molecular formula is C13H22ClN3O11P2. The molecule has 1 fully saturated rings. The predicted molar refractivity (Wildman–Crippen MR) is 104 cm³/mol. The van der Waals surface area contributed by atoms with Crippen molar-refractivity contribution in [3.05, 3.63) is 21.7 Å². The zero-order valence-electron chi connectivity index (χ0n) is 15.8. The molecule has 30 heavy (non-hydrogen) atoms. The van der Waals surface area contributed by atoms with Crippen LogP contribution in [0.15, 0.2) is 10.9 Å². The monoisotopic (exact) mass is 493 g/mol. The van der Waals surface area contributed by atoms with Crippen molar-refractivity contribution in [2.75, 3.05) is 26.6 Å². The van der Waals surface area contributed by atoms with E-state index in [-0.39, 0.29) is 23.8 Å². The Labute approximate surface area is 176 Å². The molecule has 1 aliphatic heterocycles. The van der Waals surface area contributed by atoms with Crippen LogP contribution in [0.3, 0.4) is 0 Å². The first-order chi connectivity index (χ1) is 13.9. The van der Waals surface area contributed by atoms with Gasteiger partial charge >= 0.3 is 21.3 Å². The number of rotatable bonds is 6. The maximum Gasteiger partial charge on any atom is 0.481 e. The predicted octanol–water partition coefficient (Wildman–Crippen LogP) is -0.613. The number of nitrogens with two attached hydrogens (primary N) is 1. The first-order valence-electron chi connectivity index (χ1n) is 7.72. The molecule has 14 nitrogen and oxygen atoms in total. The van der Waals surface area contributed by atoms with Crippen molar-refractivity contribution < 1.29 is 47.6 Å². The van der Waals surface area contributed by atoms with E-state index in [1.54, 1.807) is 0 Å². The van der Waals surface area contributed by atoms with Crippen LogP contribution in [0, 0.1) is 12.3 Å². The number of phosphoric ester groups is 1. The minimum atomic E-state index is -5.24. The third-order valence-corrected chi connectivity index (χ3v) is 5.71. The van der Waals surface area contributed by atoms with E-state index in [1.807, 2.05) is 0 Å². The number of phosphoric acid groups is 2. The van der Waals surface area contributed by atoms with Crippen molar-refractivity contribution >= 4 is 33.1 Å². The lowest BCUT2D eigenvalue weighted by atomic mass is 10.1. The lowest BCUT2D eigenvalue weighted by molar-refractivity contribution is -0.0714. The van der Waals surface area contributed by atoms with E-state index in [2.05, 4.69) is 19.7 Å². The molecule has 172 valence electrons. The standard InChI is InChI=1S/C11H14ClN3O9P2.2CH4O/c1-2-11(15-8(12)5-9(13)14-10(15)16)4-3-7(23-11)6-22-26(20,21)24-25(17,18)19;2*1-2/h1,5,7H,3-4,6H2,(H,20,21)(H2,13,14,16)(H2,17,18,19);2*2H,1H3. The van der Waals surface area contributed by atoms with Crippen LogP contribution >= 0.6 is 27.2 Å². The van der Waals surface area contributed by atoms with Crippen LogP contribution in [-0.4, -0.2) is 61.4 Å². The molecule has 0 bridgehead atoms. The molecule has 0 aliphatic carbocycles. The van der Waals surface area contributed by atoms with Crippen molar-refractivity contribution in [1.82, 2.24) is 9.55 Å². The molecule has 3 atom stereocenters. The highest BCUT2D eigenvalue weighted by Crippen LogP contribution is 2.57. The Morgan fingerprint density at radius 2 is 1.97 bits per heavy atom. The third kappa shape index (κ3) is 8.07. The van der Waals surface area contributed by atoms with Gasteiger partial charge in [0.05, 0.1) is 12.7 Å². The summed E-state index contributed by atoms with van der Waals surface area (Å²) >= 11 is 6.00. The summed E-state index contributed by atoms with van der Waals surface area (Å²) in [6.07, 6.45) is 4.84. The maximum absolute atomic E-state index is 12.1. The van der Waals surface area contributed by atoms with E-state index >= 15 is 0 Å². The number of aliphatic hydroxyl groups excluding tert-OH is 2. The number of aliphatic hydroxyl groups is 2. The smallest absolute Gasteiger partial charge is 0.400 e. The summed E-state index contributed by atoms with van der Waals surface area (Å²) in [4.78, 5) is 42.0. The molecule has 2 heterocycles. The number of halogens is 1. The quantitative estimate of drug-likeness (QED) is 0.165. The molecule has 0 spiro atoms. The van der Waals surface area contributed by atoms with Gasteiger partial charge in [-0.3, -0.25) is 4.52 Å². The number of aromatic nitrogens is 2. The minimum absolute atomic E-state index is 0.0812. The molecule has 17 heteroatoms. The number of hydrogen-bond acceptors (Lipinski definition) is 10. The highest BCUT2D eigenvalue weighted by atomic mass is 35.5. The molecule has 1 saturated heterocycles. The van der Waals surface area contributed by atoms with Crippen molar-refractivity contribution in [2.45, 2.75) is 24.7 Å². The molecular weight excluding hydrogens is 472 g/mol. The Balaban J connectivity index is 0.00000198. The minimum Gasteiger partial charge on any atom is -0.400 e. The van der Waals surface area contributed by atoms with Crippen LogP contribution in [0.1, 0.15) is 12.8 Å². The number of nitrogen functional groups attached to an aromatic ring is 1. The Bertz CT molecular complexity index is 899. The summed E-state index contributed by atoms with van der Waals surface area (Å²) in [5.41, 5.74) is 2.94. The second-order valence-corrected chi connectivity index (χ2v) is 8.38. The maximum atomic E-state index is 12.1. The van der Waals surface area contributed by atoms with Gasteiger partial charge in [-0.25, -0.2) is 18.5 Å². The largest absolute Gasteiger partial charge is 0.481 e. The number of terminal acetylenes is 1. The molecule has 0 saturated carbocycles. The van der Waals surface area contributed by atoms with E-state index < -0.39 is 39.8 Å². The van der Waals surface area contributed by atoms with Crippen LogP contribution in [0.2, 0.25) is 5.15 Å². The number of hydrogen-bond donors (Lipinski definition) is 6. The normalized spacial score (nSPS) is 22.6. The summed E-state index contributed by atoms with van der Waals surface area (Å²) in [5.74, 6) is 2.18. The van der Waals surface area contributed by atoms with E-state index in [0.717, 1.165) is 18.8 Å². The van der Waals surface area contributed by atoms with E-state index in [4.69, 9.17) is 48.5 Å². The molecule has 0 aromatic carbocycles. The topological polar surface area (TPSA) is 224 Å². The van der Waals surface area contributed by atoms with Gasteiger partial charge in [0.25, 0.3) is 0 Å². The molecule has 7 N–H and O–H groups in total. The van der Waals surface area contributed by atoms with E-state index in [9.17, 15) is 18.8 Å². The van der Waals surface area contributed by atoms with E-state index in [1.165, 1.54) is 6.07 Å². The third-order valence-electron chi connectivity index (χ3n) is 3.28. The first kappa shape index (κ1) is 28.7. The van der Waals surface area contributed by atoms with E-state index in [0.29, 0.717) is 0 Å². The highest BCUT2D eigenvalue weighted by Gasteiger charge is 2.44. The summed E-state index contributed by atoms with van der Waals surface area (Å²) in [6.45, 7) is -0.591. The lowest BCUT2D eigenvalue weighted by Gasteiger charge is -2.27. The fraction of sp³-hybridized carbons (Fsp3) is 0.538. The fourth-order valence-electron chi connectivity index (χ4n) is 2.34. The Morgan fingerprint density at radius 3 is 2.43 bits per heavy atom. The van der Waals surface area contributed by atoms with Gasteiger partial charge in [-0.15, -0.1) is 6.42 Å². The highest BCUT2D eigenvalue weighted by molar-refractivity contribution is 7.60. The van der Waals surface area contributed by atoms with Gasteiger partial charge < -0.3 is 35.4 Å². The summed E-state index contributed by atoms with van der Waals surface area (Å²) in [7, 11) is -8.27. The Morgan fingerprint density at radius 1 is 1.40 bits per heavy atom. The first-order valence-corrected chi connectivity index (χ1v) is 11.1. The van der Waals surface area contributed by atoms with Gasteiger partial charge in [0.1, 0.15) is 11.0 Å². The van der Waals surface area contributed by atoms with Gasteiger partial charge in [-0.1, -0.05) is 11.6 Å². The molecule has 1 aromatic heterocycles. The van der Waals surface area contributed by atoms with Crippen molar-refractivity contribution in [3.63, 3.8) is 0 Å². The van der Waals surface area contributed by atoms with Crippen LogP contribution in [0.25, 0.3) is 0 Å². The van der Waals surface area contributed by atoms with Gasteiger partial charge in [0.2, 0.25) is 5.72 Å². The number of ether oxygens (including phenoxy) is 1. The zero-order valence-corrected chi connectivity index (χ0v) is 18.3. The average molecular weight is 494 g/mol. The van der Waals surface area contributed by atoms with Crippen molar-refractivity contribution in [3.8, 4) is 12.3 Å². The SMILES string of the molecule is C#CC1(n2c(Cl)cc(N)nc2=O)CCC(COP(=O)(O)OP(=O)(O)O)O1.CO.CO. The van der Waals surface area contributed by atoms with Gasteiger partial charge in [-0.05, 0) is 12.3 Å².